The predicted octanol–water partition coefficient (Wildman–Crippen LogP) is 4.04. The number of hydrogen-bond acceptors (Lipinski definition) is 5. The fourth-order valence-electron chi connectivity index (χ4n) is 3.84. The molecule has 0 saturated carbocycles. The summed E-state index contributed by atoms with van der Waals surface area (Å²) in [5, 5.41) is 4.00. The molecule has 0 unspecified atom stereocenters. The second kappa shape index (κ2) is 8.67. The zero-order chi connectivity index (χ0) is 22.0. The van der Waals surface area contributed by atoms with Gasteiger partial charge < -0.3 is 9.42 Å². The number of sulfone groups is 1. The van der Waals surface area contributed by atoms with Gasteiger partial charge in [-0.25, -0.2) is 8.42 Å². The molecule has 162 valence electrons. The third-order valence-electron chi connectivity index (χ3n) is 5.76. The Labute approximate surface area is 182 Å². The Bertz CT molecular complexity index is 1170. The Hall–Kier alpha value is -2.93. The van der Waals surface area contributed by atoms with Crippen LogP contribution in [0.1, 0.15) is 40.5 Å². The molecular formula is C24H26N2O4S. The van der Waals surface area contributed by atoms with Crippen LogP contribution in [0.5, 0.6) is 0 Å². The summed E-state index contributed by atoms with van der Waals surface area (Å²) in [5.41, 5.74) is 4.32. The number of aromatic nitrogens is 1. The fraction of sp³-hybridized carbons (Fsp3) is 0.333. The van der Waals surface area contributed by atoms with Gasteiger partial charge in [-0.1, -0.05) is 66.2 Å². The zero-order valence-electron chi connectivity index (χ0n) is 17.7. The summed E-state index contributed by atoms with van der Waals surface area (Å²) in [4.78, 5) is 15.0. The van der Waals surface area contributed by atoms with Gasteiger partial charge in [0.05, 0.1) is 11.5 Å². The van der Waals surface area contributed by atoms with Crippen molar-refractivity contribution in [3.8, 4) is 11.3 Å². The highest BCUT2D eigenvalue weighted by Crippen LogP contribution is 2.25. The molecule has 3 aromatic rings. The third-order valence-corrected chi connectivity index (χ3v) is 7.51. The van der Waals surface area contributed by atoms with E-state index in [1.54, 1.807) is 11.0 Å². The molecule has 0 radical (unpaired) electrons. The van der Waals surface area contributed by atoms with Crippen molar-refractivity contribution < 1.29 is 17.7 Å². The number of hydrogen-bond donors (Lipinski definition) is 0. The minimum absolute atomic E-state index is 0.0194. The summed E-state index contributed by atoms with van der Waals surface area (Å²) in [6, 6.07) is 17.1. The Kier molecular flexibility index (Phi) is 5.96. The van der Waals surface area contributed by atoms with E-state index >= 15 is 0 Å². The zero-order valence-corrected chi connectivity index (χ0v) is 18.6. The van der Waals surface area contributed by atoms with E-state index in [1.165, 1.54) is 5.56 Å². The van der Waals surface area contributed by atoms with Crippen molar-refractivity contribution in [1.29, 1.82) is 0 Å². The Morgan fingerprint density at radius 1 is 1.10 bits per heavy atom. The highest BCUT2D eigenvalue weighted by molar-refractivity contribution is 7.91. The summed E-state index contributed by atoms with van der Waals surface area (Å²) in [6.07, 6.45) is 1.37. The van der Waals surface area contributed by atoms with E-state index in [0.717, 1.165) is 23.1 Å². The predicted molar refractivity (Wildman–Crippen MR) is 119 cm³/mol. The molecule has 2 heterocycles. The average molecular weight is 439 g/mol. The lowest BCUT2D eigenvalue weighted by atomic mass is 10.1. The van der Waals surface area contributed by atoms with Gasteiger partial charge in [-0.3, -0.25) is 4.79 Å². The topological polar surface area (TPSA) is 80.5 Å². The van der Waals surface area contributed by atoms with E-state index in [2.05, 4.69) is 12.1 Å². The molecule has 1 aliphatic rings. The van der Waals surface area contributed by atoms with Crippen molar-refractivity contribution in [3.63, 3.8) is 0 Å². The maximum atomic E-state index is 13.4. The second-order valence-corrected chi connectivity index (χ2v) is 10.3. The molecule has 1 amide bonds. The molecule has 0 N–H and O–H groups in total. The van der Waals surface area contributed by atoms with Gasteiger partial charge in [-0.15, -0.1) is 0 Å². The lowest BCUT2D eigenvalue weighted by molar-refractivity contribution is 0.0670. The molecule has 1 atom stereocenters. The van der Waals surface area contributed by atoms with Crippen molar-refractivity contribution in [1.82, 2.24) is 10.1 Å². The van der Waals surface area contributed by atoms with Crippen molar-refractivity contribution in [2.75, 3.05) is 11.5 Å². The molecule has 1 aromatic heterocycles. The van der Waals surface area contributed by atoms with Crippen LogP contribution in [0.4, 0.5) is 0 Å². The lowest BCUT2D eigenvalue weighted by Crippen LogP contribution is -2.40. The summed E-state index contributed by atoms with van der Waals surface area (Å²) >= 11 is 0. The molecule has 7 heteroatoms. The molecule has 1 saturated heterocycles. The monoisotopic (exact) mass is 438 g/mol. The van der Waals surface area contributed by atoms with Gasteiger partial charge in [0.2, 0.25) is 0 Å². The normalized spacial score (nSPS) is 17.5. The molecule has 2 aromatic carbocycles. The van der Waals surface area contributed by atoms with Crippen LogP contribution in [0.15, 0.2) is 59.1 Å². The summed E-state index contributed by atoms with van der Waals surface area (Å²) < 4.78 is 29.6. The number of benzene rings is 2. The van der Waals surface area contributed by atoms with Gasteiger partial charge in [-0.2, -0.15) is 0 Å². The Morgan fingerprint density at radius 3 is 2.39 bits per heavy atom. The average Bonchev–Trinajstić information content (AvgIpc) is 3.39. The summed E-state index contributed by atoms with van der Waals surface area (Å²) in [5.74, 6) is 0.274. The molecule has 4 rings (SSSR count). The Morgan fingerprint density at radius 2 is 1.77 bits per heavy atom. The summed E-state index contributed by atoms with van der Waals surface area (Å²) in [6.45, 7) is 4.42. The minimum Gasteiger partial charge on any atom is -0.355 e. The fourth-order valence-corrected chi connectivity index (χ4v) is 5.57. The van der Waals surface area contributed by atoms with Crippen LogP contribution in [0, 0.1) is 6.92 Å². The molecular weight excluding hydrogens is 412 g/mol. The summed E-state index contributed by atoms with van der Waals surface area (Å²) in [7, 11) is -3.14. The molecule has 1 aliphatic heterocycles. The van der Waals surface area contributed by atoms with Gasteiger partial charge in [0.15, 0.2) is 21.3 Å². The van der Waals surface area contributed by atoms with Crippen LogP contribution in [0.3, 0.4) is 0 Å². The highest BCUT2D eigenvalue weighted by atomic mass is 32.2. The number of carbonyl (C=O) groups excluding carboxylic acids is 1. The molecule has 6 nitrogen and oxygen atoms in total. The maximum absolute atomic E-state index is 13.4. The smallest absolute Gasteiger partial charge is 0.276 e. The van der Waals surface area contributed by atoms with Crippen molar-refractivity contribution in [2.45, 2.75) is 39.3 Å². The van der Waals surface area contributed by atoms with Gasteiger partial charge in [-0.05, 0) is 30.9 Å². The van der Waals surface area contributed by atoms with Gasteiger partial charge in [0.1, 0.15) is 0 Å². The van der Waals surface area contributed by atoms with E-state index < -0.39 is 9.84 Å². The van der Waals surface area contributed by atoms with Crippen molar-refractivity contribution in [2.24, 2.45) is 0 Å². The van der Waals surface area contributed by atoms with Gasteiger partial charge in [0.25, 0.3) is 5.91 Å². The molecule has 1 fully saturated rings. The van der Waals surface area contributed by atoms with Crippen molar-refractivity contribution >= 4 is 15.7 Å². The van der Waals surface area contributed by atoms with E-state index in [9.17, 15) is 13.2 Å². The largest absolute Gasteiger partial charge is 0.355 e. The first kappa shape index (κ1) is 21.3. The molecule has 31 heavy (non-hydrogen) atoms. The third kappa shape index (κ3) is 4.88. The van der Waals surface area contributed by atoms with Crippen LogP contribution >= 0.6 is 0 Å². The molecule has 0 spiro atoms. The van der Waals surface area contributed by atoms with E-state index in [-0.39, 0.29) is 29.1 Å². The number of aryl methyl sites for hydroxylation is 2. The van der Waals surface area contributed by atoms with Crippen LogP contribution in [0.25, 0.3) is 11.3 Å². The number of nitrogens with zero attached hydrogens (tertiary/aromatic N) is 2. The SMILES string of the molecule is CCc1ccc(CN(C(=O)c2cc(-c3ccc(C)cc3)on2)[C@@H]2CCS(=O)(=O)C2)cc1. The maximum Gasteiger partial charge on any atom is 0.276 e. The van der Waals surface area contributed by atoms with Crippen molar-refractivity contribution in [3.05, 3.63) is 77.0 Å². The van der Waals surface area contributed by atoms with E-state index in [1.807, 2.05) is 55.5 Å². The number of amides is 1. The first-order valence-corrected chi connectivity index (χ1v) is 12.3. The molecule has 0 bridgehead atoms. The van der Waals surface area contributed by atoms with Crippen LogP contribution in [0.2, 0.25) is 0 Å². The van der Waals surface area contributed by atoms with Crippen LogP contribution < -0.4 is 0 Å². The molecule has 0 aliphatic carbocycles. The second-order valence-electron chi connectivity index (χ2n) is 8.10. The van der Waals surface area contributed by atoms with E-state index in [4.69, 9.17) is 4.52 Å². The van der Waals surface area contributed by atoms with Gasteiger partial charge in [0, 0.05) is 24.2 Å². The lowest BCUT2D eigenvalue weighted by Gasteiger charge is -2.27. The quantitative estimate of drug-likeness (QED) is 0.580. The Balaban J connectivity index is 1.61. The standard InChI is InChI=1S/C24H26N2O4S/c1-3-18-6-8-19(9-7-18)15-26(21-12-13-31(28,29)16-21)24(27)22-14-23(30-25-22)20-10-4-17(2)5-11-20/h4-11,14,21H,3,12-13,15-16H2,1-2H3/t21-/m1/s1. The number of rotatable bonds is 6. The van der Waals surface area contributed by atoms with E-state index in [0.29, 0.717) is 18.7 Å². The van der Waals surface area contributed by atoms with Crippen LogP contribution in [-0.2, 0) is 22.8 Å². The van der Waals surface area contributed by atoms with Crippen LogP contribution in [-0.4, -0.2) is 41.9 Å². The highest BCUT2D eigenvalue weighted by Gasteiger charge is 2.36. The number of carbonyl (C=O) groups is 1. The van der Waals surface area contributed by atoms with Gasteiger partial charge >= 0.3 is 0 Å². The first-order chi connectivity index (χ1) is 14.8. The first-order valence-electron chi connectivity index (χ1n) is 10.5. The minimum atomic E-state index is -3.14.